The van der Waals surface area contributed by atoms with Crippen molar-refractivity contribution in [1.29, 1.82) is 0 Å². The van der Waals surface area contributed by atoms with Gasteiger partial charge in [-0.05, 0) is 23.8 Å². The smallest absolute Gasteiger partial charge is 0.339 e. The highest BCUT2D eigenvalue weighted by atomic mass is 19.2. The third-order valence-electron chi connectivity index (χ3n) is 2.52. The van der Waals surface area contributed by atoms with Crippen molar-refractivity contribution >= 4 is 11.7 Å². The van der Waals surface area contributed by atoms with Crippen molar-refractivity contribution in [2.75, 3.05) is 5.32 Å². The molecule has 1 aromatic carbocycles. The first-order valence-corrected chi connectivity index (χ1v) is 5.43. The summed E-state index contributed by atoms with van der Waals surface area (Å²) in [6.07, 6.45) is 2.66. The Morgan fingerprint density at radius 1 is 1.26 bits per heavy atom. The molecule has 1 aromatic heterocycles. The molecule has 2 aromatic rings. The van der Waals surface area contributed by atoms with E-state index in [2.05, 4.69) is 10.3 Å². The Hall–Kier alpha value is -2.50. The number of hydrogen-bond donors (Lipinski definition) is 2. The van der Waals surface area contributed by atoms with Crippen molar-refractivity contribution in [3.8, 4) is 0 Å². The van der Waals surface area contributed by atoms with Crippen LogP contribution in [0.3, 0.4) is 0 Å². The maximum atomic E-state index is 13.0. The number of aromatic nitrogens is 1. The standard InChI is InChI=1S/C13H10F2N2O2/c14-10-2-1-8(5-11(10)15)6-17-12-3-4-16-7-9(12)13(18)19/h1-5,7H,6H2,(H,16,17)(H,18,19). The average Bonchev–Trinajstić information content (AvgIpc) is 2.40. The molecular weight excluding hydrogens is 254 g/mol. The fraction of sp³-hybridized carbons (Fsp3) is 0.0769. The number of halogens is 2. The van der Waals surface area contributed by atoms with Crippen LogP contribution in [0.5, 0.6) is 0 Å². The Morgan fingerprint density at radius 3 is 2.74 bits per heavy atom. The maximum Gasteiger partial charge on any atom is 0.339 e. The quantitative estimate of drug-likeness (QED) is 0.891. The van der Waals surface area contributed by atoms with Crippen LogP contribution in [0, 0.1) is 11.6 Å². The minimum atomic E-state index is -1.11. The Labute approximate surface area is 107 Å². The number of benzene rings is 1. The summed E-state index contributed by atoms with van der Waals surface area (Å²) in [4.78, 5) is 14.7. The van der Waals surface area contributed by atoms with E-state index in [1.165, 1.54) is 24.5 Å². The summed E-state index contributed by atoms with van der Waals surface area (Å²) in [5.74, 6) is -2.97. The summed E-state index contributed by atoms with van der Waals surface area (Å²) in [6, 6.07) is 5.01. The summed E-state index contributed by atoms with van der Waals surface area (Å²) >= 11 is 0. The van der Waals surface area contributed by atoms with Gasteiger partial charge in [0, 0.05) is 18.9 Å². The normalized spacial score (nSPS) is 10.2. The lowest BCUT2D eigenvalue weighted by molar-refractivity contribution is 0.0697. The zero-order chi connectivity index (χ0) is 13.8. The molecule has 6 heteroatoms. The molecule has 0 bridgehead atoms. The number of pyridine rings is 1. The number of carboxylic acids is 1. The predicted molar refractivity (Wildman–Crippen MR) is 64.9 cm³/mol. The fourth-order valence-electron chi connectivity index (χ4n) is 1.57. The largest absolute Gasteiger partial charge is 0.478 e. The van der Waals surface area contributed by atoms with Crippen LogP contribution in [-0.2, 0) is 6.54 Å². The second kappa shape index (κ2) is 5.43. The molecule has 98 valence electrons. The highest BCUT2D eigenvalue weighted by Gasteiger charge is 2.09. The number of hydrogen-bond acceptors (Lipinski definition) is 3. The maximum absolute atomic E-state index is 13.0. The lowest BCUT2D eigenvalue weighted by Gasteiger charge is -2.09. The summed E-state index contributed by atoms with van der Waals surface area (Å²) < 4.78 is 25.8. The first-order chi connectivity index (χ1) is 9.08. The van der Waals surface area contributed by atoms with E-state index in [9.17, 15) is 13.6 Å². The second-order valence-corrected chi connectivity index (χ2v) is 3.83. The van der Waals surface area contributed by atoms with Crippen LogP contribution < -0.4 is 5.32 Å². The first-order valence-electron chi connectivity index (χ1n) is 5.43. The monoisotopic (exact) mass is 264 g/mol. The van der Waals surface area contributed by atoms with E-state index in [-0.39, 0.29) is 12.1 Å². The van der Waals surface area contributed by atoms with Crippen molar-refractivity contribution in [2.45, 2.75) is 6.54 Å². The van der Waals surface area contributed by atoms with Crippen LogP contribution >= 0.6 is 0 Å². The Kier molecular flexibility index (Phi) is 3.70. The predicted octanol–water partition coefficient (Wildman–Crippen LogP) is 2.67. The number of nitrogens with one attached hydrogen (secondary N) is 1. The molecule has 2 N–H and O–H groups in total. The van der Waals surface area contributed by atoms with Crippen molar-refractivity contribution < 1.29 is 18.7 Å². The summed E-state index contributed by atoms with van der Waals surface area (Å²) in [5, 5.41) is 11.8. The number of anilines is 1. The molecule has 19 heavy (non-hydrogen) atoms. The van der Waals surface area contributed by atoms with E-state index in [1.54, 1.807) is 0 Å². The molecule has 0 atom stereocenters. The molecule has 0 saturated carbocycles. The lowest BCUT2D eigenvalue weighted by atomic mass is 10.2. The van der Waals surface area contributed by atoms with Crippen molar-refractivity contribution in [1.82, 2.24) is 4.98 Å². The molecule has 2 rings (SSSR count). The minimum Gasteiger partial charge on any atom is -0.478 e. The number of aromatic carboxylic acids is 1. The lowest BCUT2D eigenvalue weighted by Crippen LogP contribution is -2.07. The molecule has 4 nitrogen and oxygen atoms in total. The van der Waals surface area contributed by atoms with Gasteiger partial charge in [0.25, 0.3) is 0 Å². The van der Waals surface area contributed by atoms with Gasteiger partial charge in [0.2, 0.25) is 0 Å². The van der Waals surface area contributed by atoms with Gasteiger partial charge in [0.05, 0.1) is 5.69 Å². The Balaban J connectivity index is 2.14. The molecule has 0 saturated heterocycles. The van der Waals surface area contributed by atoms with Gasteiger partial charge in [0.15, 0.2) is 11.6 Å². The van der Waals surface area contributed by atoms with E-state index >= 15 is 0 Å². The third-order valence-corrected chi connectivity index (χ3v) is 2.52. The van der Waals surface area contributed by atoms with E-state index in [1.807, 2.05) is 0 Å². The molecular formula is C13H10F2N2O2. The van der Waals surface area contributed by atoms with E-state index in [0.29, 0.717) is 11.3 Å². The summed E-state index contributed by atoms with van der Waals surface area (Å²) in [7, 11) is 0. The Bertz CT molecular complexity index is 617. The first kappa shape index (κ1) is 12.9. The minimum absolute atomic E-state index is 0.0186. The van der Waals surface area contributed by atoms with Gasteiger partial charge in [-0.15, -0.1) is 0 Å². The SMILES string of the molecule is O=C(O)c1cnccc1NCc1ccc(F)c(F)c1. The molecule has 0 aliphatic rings. The van der Waals surface area contributed by atoms with E-state index in [4.69, 9.17) is 5.11 Å². The molecule has 0 aliphatic heterocycles. The van der Waals surface area contributed by atoms with Crippen LogP contribution in [0.2, 0.25) is 0 Å². The summed E-state index contributed by atoms with van der Waals surface area (Å²) in [6.45, 7) is 0.182. The van der Waals surface area contributed by atoms with Gasteiger partial charge in [-0.2, -0.15) is 0 Å². The number of carbonyl (C=O) groups is 1. The van der Waals surface area contributed by atoms with Crippen LogP contribution in [0.4, 0.5) is 14.5 Å². The van der Waals surface area contributed by atoms with Crippen molar-refractivity contribution in [3.05, 3.63) is 59.4 Å². The molecule has 0 spiro atoms. The zero-order valence-electron chi connectivity index (χ0n) is 9.73. The number of nitrogens with zero attached hydrogens (tertiary/aromatic N) is 1. The van der Waals surface area contributed by atoms with Crippen molar-refractivity contribution in [2.24, 2.45) is 0 Å². The number of carboxylic acid groups (broad SMARTS) is 1. The van der Waals surface area contributed by atoms with Gasteiger partial charge >= 0.3 is 5.97 Å². The molecule has 1 heterocycles. The third kappa shape index (κ3) is 3.04. The molecule has 0 unspecified atom stereocenters. The van der Waals surface area contributed by atoms with E-state index < -0.39 is 17.6 Å². The molecule has 0 amide bonds. The Morgan fingerprint density at radius 2 is 2.05 bits per heavy atom. The molecule has 0 aliphatic carbocycles. The average molecular weight is 264 g/mol. The van der Waals surface area contributed by atoms with Gasteiger partial charge < -0.3 is 10.4 Å². The van der Waals surface area contributed by atoms with Crippen LogP contribution in [0.25, 0.3) is 0 Å². The van der Waals surface area contributed by atoms with E-state index in [0.717, 1.165) is 12.1 Å². The number of rotatable bonds is 4. The van der Waals surface area contributed by atoms with Crippen LogP contribution in [0.15, 0.2) is 36.7 Å². The van der Waals surface area contributed by atoms with Crippen LogP contribution in [-0.4, -0.2) is 16.1 Å². The second-order valence-electron chi connectivity index (χ2n) is 3.83. The highest BCUT2D eigenvalue weighted by molar-refractivity contribution is 5.93. The fourth-order valence-corrected chi connectivity index (χ4v) is 1.57. The molecule has 0 radical (unpaired) electrons. The topological polar surface area (TPSA) is 62.2 Å². The highest BCUT2D eigenvalue weighted by Crippen LogP contribution is 2.15. The van der Waals surface area contributed by atoms with Gasteiger partial charge in [-0.3, -0.25) is 4.98 Å². The van der Waals surface area contributed by atoms with Gasteiger partial charge in [-0.1, -0.05) is 6.07 Å². The zero-order valence-corrected chi connectivity index (χ0v) is 9.73. The van der Waals surface area contributed by atoms with Crippen molar-refractivity contribution in [3.63, 3.8) is 0 Å². The van der Waals surface area contributed by atoms with Gasteiger partial charge in [0.1, 0.15) is 5.56 Å². The van der Waals surface area contributed by atoms with Gasteiger partial charge in [-0.25, -0.2) is 13.6 Å². The molecule has 0 fully saturated rings. The van der Waals surface area contributed by atoms with Crippen LogP contribution in [0.1, 0.15) is 15.9 Å². The summed E-state index contributed by atoms with van der Waals surface area (Å²) in [5.41, 5.74) is 0.893.